The van der Waals surface area contributed by atoms with Crippen LogP contribution in [0.4, 0.5) is 4.39 Å². The highest BCUT2D eigenvalue weighted by Crippen LogP contribution is 2.33. The van der Waals surface area contributed by atoms with E-state index >= 15 is 0 Å². The molecule has 0 aromatic heterocycles. The molecular formula is C12H16FNO. The topological polar surface area (TPSA) is 32.3 Å². The molecule has 0 radical (unpaired) electrons. The quantitative estimate of drug-likeness (QED) is 0.798. The van der Waals surface area contributed by atoms with E-state index in [1.54, 1.807) is 6.07 Å². The first-order valence-electron chi connectivity index (χ1n) is 5.41. The fraction of sp³-hybridized carbons (Fsp3) is 0.500. The van der Waals surface area contributed by atoms with Gasteiger partial charge in [0.25, 0.3) is 0 Å². The van der Waals surface area contributed by atoms with Gasteiger partial charge in [0, 0.05) is 12.6 Å². The molecule has 1 fully saturated rings. The van der Waals surface area contributed by atoms with E-state index in [2.05, 4.69) is 12.2 Å². The van der Waals surface area contributed by atoms with Gasteiger partial charge in [-0.2, -0.15) is 0 Å². The lowest BCUT2D eigenvalue weighted by molar-refractivity contribution is 0.431. The number of rotatable bonds is 4. The molecule has 2 atom stereocenters. The van der Waals surface area contributed by atoms with Crippen molar-refractivity contribution in [1.29, 1.82) is 0 Å². The number of halogens is 1. The van der Waals surface area contributed by atoms with Crippen molar-refractivity contribution in [1.82, 2.24) is 5.32 Å². The van der Waals surface area contributed by atoms with E-state index in [4.69, 9.17) is 5.11 Å². The van der Waals surface area contributed by atoms with Gasteiger partial charge in [-0.25, -0.2) is 4.39 Å². The zero-order chi connectivity index (χ0) is 10.8. The second-order valence-corrected chi connectivity index (χ2v) is 4.18. The highest BCUT2D eigenvalue weighted by Gasteiger charge is 2.34. The third kappa shape index (κ3) is 2.48. The molecule has 1 saturated carbocycles. The molecule has 1 aromatic carbocycles. The van der Waals surface area contributed by atoms with Crippen LogP contribution in [0.15, 0.2) is 18.2 Å². The van der Waals surface area contributed by atoms with Gasteiger partial charge < -0.3 is 10.4 Å². The SMILES string of the molecule is CCC1CC1NCc1ccc(O)c(F)c1. The second-order valence-electron chi connectivity index (χ2n) is 4.18. The molecule has 2 nitrogen and oxygen atoms in total. The molecule has 1 aliphatic carbocycles. The summed E-state index contributed by atoms with van der Waals surface area (Å²) >= 11 is 0. The molecule has 0 amide bonds. The van der Waals surface area contributed by atoms with Crippen molar-refractivity contribution < 1.29 is 9.50 Å². The summed E-state index contributed by atoms with van der Waals surface area (Å²) in [4.78, 5) is 0. The average molecular weight is 209 g/mol. The van der Waals surface area contributed by atoms with Crippen LogP contribution in [0.25, 0.3) is 0 Å². The monoisotopic (exact) mass is 209 g/mol. The minimum absolute atomic E-state index is 0.281. The minimum atomic E-state index is -0.544. The van der Waals surface area contributed by atoms with Crippen molar-refractivity contribution in [2.75, 3.05) is 0 Å². The van der Waals surface area contributed by atoms with Crippen LogP contribution in [-0.4, -0.2) is 11.1 Å². The number of phenolic OH excluding ortho intramolecular Hbond substituents is 1. The summed E-state index contributed by atoms with van der Waals surface area (Å²) in [6.07, 6.45) is 2.44. The third-order valence-electron chi connectivity index (χ3n) is 3.03. The van der Waals surface area contributed by atoms with Gasteiger partial charge in [0.1, 0.15) is 0 Å². The molecule has 0 spiro atoms. The van der Waals surface area contributed by atoms with Crippen LogP contribution in [-0.2, 0) is 6.54 Å². The summed E-state index contributed by atoms with van der Waals surface area (Å²) in [6.45, 7) is 2.87. The first-order valence-corrected chi connectivity index (χ1v) is 5.41. The molecule has 2 rings (SSSR count). The predicted octanol–water partition coefficient (Wildman–Crippen LogP) is 2.42. The Morgan fingerprint density at radius 2 is 2.33 bits per heavy atom. The fourth-order valence-corrected chi connectivity index (χ4v) is 1.86. The number of hydrogen-bond donors (Lipinski definition) is 2. The lowest BCUT2D eigenvalue weighted by Gasteiger charge is -2.04. The van der Waals surface area contributed by atoms with E-state index in [0.717, 1.165) is 11.5 Å². The fourth-order valence-electron chi connectivity index (χ4n) is 1.86. The van der Waals surface area contributed by atoms with Crippen LogP contribution in [0.1, 0.15) is 25.3 Å². The van der Waals surface area contributed by atoms with Gasteiger partial charge >= 0.3 is 0 Å². The normalized spacial score (nSPS) is 24.1. The summed E-state index contributed by atoms with van der Waals surface area (Å²) in [5, 5.41) is 12.4. The van der Waals surface area contributed by atoms with E-state index in [0.29, 0.717) is 12.6 Å². The molecule has 2 N–H and O–H groups in total. The Balaban J connectivity index is 1.86. The van der Waals surface area contributed by atoms with E-state index < -0.39 is 5.82 Å². The van der Waals surface area contributed by atoms with Crippen LogP contribution in [0.2, 0.25) is 0 Å². The van der Waals surface area contributed by atoms with Gasteiger partial charge in [-0.1, -0.05) is 19.4 Å². The largest absolute Gasteiger partial charge is 0.505 e. The highest BCUT2D eigenvalue weighted by molar-refractivity contribution is 5.28. The Labute approximate surface area is 89.1 Å². The van der Waals surface area contributed by atoms with E-state index in [9.17, 15) is 4.39 Å². The number of nitrogens with one attached hydrogen (secondary N) is 1. The first kappa shape index (κ1) is 10.4. The zero-order valence-electron chi connectivity index (χ0n) is 8.83. The Morgan fingerprint density at radius 1 is 1.53 bits per heavy atom. The molecule has 3 heteroatoms. The lowest BCUT2D eigenvalue weighted by atomic mass is 10.2. The van der Waals surface area contributed by atoms with Gasteiger partial charge in [0.2, 0.25) is 0 Å². The summed E-state index contributed by atoms with van der Waals surface area (Å²) in [6, 6.07) is 5.13. The highest BCUT2D eigenvalue weighted by atomic mass is 19.1. The van der Waals surface area contributed by atoms with E-state index in [1.807, 2.05) is 0 Å². The summed E-state index contributed by atoms with van der Waals surface area (Å²) in [7, 11) is 0. The van der Waals surface area contributed by atoms with Crippen molar-refractivity contribution in [2.24, 2.45) is 5.92 Å². The number of aromatic hydroxyl groups is 1. The zero-order valence-corrected chi connectivity index (χ0v) is 8.83. The molecular weight excluding hydrogens is 193 g/mol. The maximum Gasteiger partial charge on any atom is 0.165 e. The van der Waals surface area contributed by atoms with Crippen molar-refractivity contribution in [2.45, 2.75) is 32.4 Å². The van der Waals surface area contributed by atoms with E-state index in [1.165, 1.54) is 25.0 Å². The Hall–Kier alpha value is -1.09. The number of benzene rings is 1. The molecule has 1 aliphatic rings. The second kappa shape index (κ2) is 4.19. The van der Waals surface area contributed by atoms with Crippen LogP contribution >= 0.6 is 0 Å². The molecule has 0 aliphatic heterocycles. The van der Waals surface area contributed by atoms with Gasteiger partial charge in [-0.15, -0.1) is 0 Å². The predicted molar refractivity (Wildman–Crippen MR) is 57.1 cm³/mol. The maximum absolute atomic E-state index is 13.0. The van der Waals surface area contributed by atoms with Crippen LogP contribution in [0.3, 0.4) is 0 Å². The van der Waals surface area contributed by atoms with Crippen molar-refractivity contribution in [3.63, 3.8) is 0 Å². The lowest BCUT2D eigenvalue weighted by Crippen LogP contribution is -2.17. The van der Waals surface area contributed by atoms with Crippen LogP contribution < -0.4 is 5.32 Å². The molecule has 0 heterocycles. The van der Waals surface area contributed by atoms with Gasteiger partial charge in [-0.3, -0.25) is 0 Å². The third-order valence-corrected chi connectivity index (χ3v) is 3.03. The minimum Gasteiger partial charge on any atom is -0.505 e. The number of hydrogen-bond acceptors (Lipinski definition) is 2. The Kier molecular flexibility index (Phi) is 2.91. The van der Waals surface area contributed by atoms with Gasteiger partial charge in [0.15, 0.2) is 11.6 Å². The van der Waals surface area contributed by atoms with Crippen molar-refractivity contribution in [3.8, 4) is 5.75 Å². The van der Waals surface area contributed by atoms with Crippen molar-refractivity contribution in [3.05, 3.63) is 29.6 Å². The van der Waals surface area contributed by atoms with Gasteiger partial charge in [-0.05, 0) is 30.0 Å². The molecule has 2 unspecified atom stereocenters. The van der Waals surface area contributed by atoms with E-state index in [-0.39, 0.29) is 5.75 Å². The van der Waals surface area contributed by atoms with Crippen LogP contribution in [0, 0.1) is 11.7 Å². The Morgan fingerprint density at radius 3 is 2.93 bits per heavy atom. The van der Waals surface area contributed by atoms with Crippen LogP contribution in [0.5, 0.6) is 5.75 Å². The number of phenols is 1. The molecule has 82 valence electrons. The molecule has 15 heavy (non-hydrogen) atoms. The average Bonchev–Trinajstić information content (AvgIpc) is 2.98. The maximum atomic E-state index is 13.0. The molecule has 0 saturated heterocycles. The summed E-state index contributed by atoms with van der Waals surface area (Å²) < 4.78 is 13.0. The first-order chi connectivity index (χ1) is 7.20. The van der Waals surface area contributed by atoms with Gasteiger partial charge in [0.05, 0.1) is 0 Å². The molecule has 1 aromatic rings. The molecule has 0 bridgehead atoms. The van der Waals surface area contributed by atoms with Crippen molar-refractivity contribution >= 4 is 0 Å². The summed E-state index contributed by atoms with van der Waals surface area (Å²) in [5.41, 5.74) is 0.882. The standard InChI is InChI=1S/C12H16FNO/c1-2-9-6-11(9)14-7-8-3-4-12(15)10(13)5-8/h3-5,9,11,14-15H,2,6-7H2,1H3. The summed E-state index contributed by atoms with van der Waals surface area (Å²) in [5.74, 6) is -0.0271. The smallest absolute Gasteiger partial charge is 0.165 e. The Bertz CT molecular complexity index is 353.